The van der Waals surface area contributed by atoms with Gasteiger partial charge in [-0.1, -0.05) is 72.8 Å². The van der Waals surface area contributed by atoms with Crippen LogP contribution in [0.15, 0.2) is 91.0 Å². The van der Waals surface area contributed by atoms with Crippen molar-refractivity contribution in [2.24, 2.45) is 5.73 Å². The zero-order valence-corrected chi connectivity index (χ0v) is 20.5. The molecule has 8 heteroatoms. The van der Waals surface area contributed by atoms with Gasteiger partial charge in [-0.05, 0) is 41.8 Å². The number of primary amides is 1. The van der Waals surface area contributed by atoms with Gasteiger partial charge in [0.1, 0.15) is 11.7 Å². The summed E-state index contributed by atoms with van der Waals surface area (Å²) in [5.41, 5.74) is 9.56. The van der Waals surface area contributed by atoms with Crippen molar-refractivity contribution >= 4 is 17.6 Å². The van der Waals surface area contributed by atoms with Crippen LogP contribution in [0.1, 0.15) is 32.9 Å². The molecule has 1 atom stereocenters. The van der Waals surface area contributed by atoms with Gasteiger partial charge in [-0.25, -0.2) is 4.68 Å². The summed E-state index contributed by atoms with van der Waals surface area (Å²) in [6.07, 6.45) is 0.135. The molecule has 3 aromatic carbocycles. The van der Waals surface area contributed by atoms with Crippen molar-refractivity contribution < 1.29 is 19.1 Å². The Morgan fingerprint density at radius 2 is 1.49 bits per heavy atom. The highest BCUT2D eigenvalue weighted by Gasteiger charge is 2.27. The molecule has 1 heterocycles. The van der Waals surface area contributed by atoms with Crippen molar-refractivity contribution in [2.75, 3.05) is 0 Å². The van der Waals surface area contributed by atoms with E-state index in [0.29, 0.717) is 24.6 Å². The minimum Gasteiger partial charge on any atom is -0.372 e. The van der Waals surface area contributed by atoms with Crippen molar-refractivity contribution in [3.63, 3.8) is 0 Å². The first-order valence-electron chi connectivity index (χ1n) is 11.9. The van der Waals surface area contributed by atoms with E-state index in [1.807, 2.05) is 84.9 Å². The van der Waals surface area contributed by atoms with Gasteiger partial charge in [0.05, 0.1) is 24.6 Å². The Balaban J connectivity index is 1.52. The summed E-state index contributed by atoms with van der Waals surface area (Å²) in [7, 11) is 0. The van der Waals surface area contributed by atoms with Crippen molar-refractivity contribution in [2.45, 2.75) is 32.6 Å². The predicted molar refractivity (Wildman–Crippen MR) is 139 cm³/mol. The number of aryl methyl sites for hydroxylation is 1. The van der Waals surface area contributed by atoms with Crippen molar-refractivity contribution in [1.29, 1.82) is 0 Å². The van der Waals surface area contributed by atoms with E-state index in [2.05, 4.69) is 10.4 Å². The monoisotopic (exact) mass is 496 g/mol. The van der Waals surface area contributed by atoms with Gasteiger partial charge in [0.15, 0.2) is 0 Å². The Kier molecular flexibility index (Phi) is 8.22. The molecule has 0 aliphatic carbocycles. The van der Waals surface area contributed by atoms with Crippen LogP contribution in [0.25, 0.3) is 5.69 Å². The quantitative estimate of drug-likeness (QED) is 0.309. The molecule has 3 N–H and O–H groups in total. The largest absolute Gasteiger partial charge is 0.372 e. The maximum Gasteiger partial charge on any atom is 0.287 e. The number of nitrogens with zero attached hydrogens (tertiary/aromatic N) is 2. The molecule has 0 radical (unpaired) electrons. The molecule has 2 amide bonds. The summed E-state index contributed by atoms with van der Waals surface area (Å²) in [5, 5.41) is 7.16. The van der Waals surface area contributed by atoms with Gasteiger partial charge in [0.2, 0.25) is 5.78 Å². The van der Waals surface area contributed by atoms with E-state index in [4.69, 9.17) is 10.5 Å². The first-order chi connectivity index (χ1) is 17.9. The minimum absolute atomic E-state index is 0.135. The van der Waals surface area contributed by atoms with Crippen LogP contribution in [0.2, 0.25) is 0 Å². The fourth-order valence-electron chi connectivity index (χ4n) is 3.96. The number of rotatable bonds is 11. The minimum atomic E-state index is -1.10. The van der Waals surface area contributed by atoms with Crippen LogP contribution < -0.4 is 11.1 Å². The first kappa shape index (κ1) is 25.5. The second-order valence-electron chi connectivity index (χ2n) is 8.68. The highest BCUT2D eigenvalue weighted by Crippen LogP contribution is 2.16. The molecule has 188 valence electrons. The third-order valence-corrected chi connectivity index (χ3v) is 5.75. The zero-order chi connectivity index (χ0) is 26.2. The highest BCUT2D eigenvalue weighted by molar-refractivity contribution is 6.38. The van der Waals surface area contributed by atoms with E-state index in [1.165, 1.54) is 4.68 Å². The van der Waals surface area contributed by atoms with E-state index >= 15 is 0 Å². The molecule has 0 spiro atoms. The van der Waals surface area contributed by atoms with Gasteiger partial charge >= 0.3 is 0 Å². The standard InChI is InChI=1S/C29H28N4O4/c1-20-15-26(29(36)31-25(27(34)28(30)35)17-21-9-4-2-5-10-21)33(32-20)24-14-8-13-23(16-24)19-37-18-22-11-6-3-7-12-22/h2-16,25H,17-19H2,1H3,(H2,30,35)(H,31,36)/t25-/m0/s1. The number of carbonyl (C=O) groups excluding carboxylic acids is 3. The van der Waals surface area contributed by atoms with Gasteiger partial charge < -0.3 is 15.8 Å². The lowest BCUT2D eigenvalue weighted by molar-refractivity contribution is -0.137. The number of aromatic nitrogens is 2. The fraction of sp³-hybridized carbons (Fsp3) is 0.172. The van der Waals surface area contributed by atoms with E-state index < -0.39 is 23.6 Å². The van der Waals surface area contributed by atoms with Gasteiger partial charge in [0, 0.05) is 6.42 Å². The van der Waals surface area contributed by atoms with Crippen LogP contribution >= 0.6 is 0 Å². The fourth-order valence-corrected chi connectivity index (χ4v) is 3.96. The highest BCUT2D eigenvalue weighted by atomic mass is 16.5. The van der Waals surface area contributed by atoms with E-state index in [1.54, 1.807) is 13.0 Å². The van der Waals surface area contributed by atoms with Crippen molar-refractivity contribution in [3.8, 4) is 5.69 Å². The Morgan fingerprint density at radius 3 is 2.16 bits per heavy atom. The lowest BCUT2D eigenvalue weighted by Crippen LogP contribution is -2.47. The molecule has 0 saturated carbocycles. The summed E-state index contributed by atoms with van der Waals surface area (Å²) in [4.78, 5) is 37.4. The van der Waals surface area contributed by atoms with Gasteiger partial charge in [-0.15, -0.1) is 0 Å². The van der Waals surface area contributed by atoms with Crippen LogP contribution in [0.4, 0.5) is 0 Å². The molecule has 8 nitrogen and oxygen atoms in total. The molecule has 4 aromatic rings. The Morgan fingerprint density at radius 1 is 0.865 bits per heavy atom. The lowest BCUT2D eigenvalue weighted by atomic mass is 10.0. The molecule has 4 rings (SSSR count). The number of hydrogen-bond donors (Lipinski definition) is 2. The summed E-state index contributed by atoms with van der Waals surface area (Å²) in [6, 6.07) is 27.0. The number of nitrogens with two attached hydrogens (primary N) is 1. The third kappa shape index (κ3) is 6.77. The molecule has 0 aliphatic heterocycles. The molecule has 0 fully saturated rings. The summed E-state index contributed by atoms with van der Waals surface area (Å²) in [5.74, 6) is -2.51. The molecule has 37 heavy (non-hydrogen) atoms. The Labute approximate surface area is 215 Å². The second-order valence-corrected chi connectivity index (χ2v) is 8.68. The molecular formula is C29H28N4O4. The average Bonchev–Trinajstić information content (AvgIpc) is 3.31. The van der Waals surface area contributed by atoms with Crippen LogP contribution in [0.3, 0.4) is 0 Å². The average molecular weight is 497 g/mol. The topological polar surface area (TPSA) is 116 Å². The summed E-state index contributed by atoms with van der Waals surface area (Å²) >= 11 is 0. The zero-order valence-electron chi connectivity index (χ0n) is 20.5. The van der Waals surface area contributed by atoms with Crippen LogP contribution in [0.5, 0.6) is 0 Å². The normalized spacial score (nSPS) is 11.6. The maximum absolute atomic E-state index is 13.3. The molecule has 0 bridgehead atoms. The van der Waals surface area contributed by atoms with Crippen molar-refractivity contribution in [3.05, 3.63) is 119 Å². The first-order valence-corrected chi connectivity index (χ1v) is 11.9. The maximum atomic E-state index is 13.3. The smallest absolute Gasteiger partial charge is 0.287 e. The van der Waals surface area contributed by atoms with Gasteiger partial charge in [-0.3, -0.25) is 14.4 Å². The van der Waals surface area contributed by atoms with Crippen LogP contribution in [-0.2, 0) is 34.0 Å². The number of ether oxygens (including phenoxy) is 1. The number of nitrogens with one attached hydrogen (secondary N) is 1. The van der Waals surface area contributed by atoms with E-state index in [0.717, 1.165) is 16.7 Å². The number of Topliss-reactive ketones (excluding diaryl/α,β-unsaturated/α-hetero) is 1. The van der Waals surface area contributed by atoms with Crippen molar-refractivity contribution in [1.82, 2.24) is 15.1 Å². The molecule has 1 aromatic heterocycles. The Bertz CT molecular complexity index is 1380. The summed E-state index contributed by atoms with van der Waals surface area (Å²) < 4.78 is 7.36. The second kappa shape index (κ2) is 11.9. The molecular weight excluding hydrogens is 468 g/mol. The van der Waals surface area contributed by atoms with E-state index in [-0.39, 0.29) is 12.1 Å². The van der Waals surface area contributed by atoms with Gasteiger partial charge in [-0.2, -0.15) is 5.10 Å². The summed E-state index contributed by atoms with van der Waals surface area (Å²) in [6.45, 7) is 2.64. The van der Waals surface area contributed by atoms with Gasteiger partial charge in [0.25, 0.3) is 11.8 Å². The number of amides is 2. The third-order valence-electron chi connectivity index (χ3n) is 5.75. The molecule has 0 aliphatic rings. The number of carbonyl (C=O) groups is 3. The van der Waals surface area contributed by atoms with Crippen LogP contribution in [-0.4, -0.2) is 33.4 Å². The Hall–Kier alpha value is -4.56. The number of ketones is 1. The van der Waals surface area contributed by atoms with Crippen LogP contribution in [0, 0.1) is 6.92 Å². The lowest BCUT2D eigenvalue weighted by Gasteiger charge is -2.17. The van der Waals surface area contributed by atoms with E-state index in [9.17, 15) is 14.4 Å². The number of hydrogen-bond acceptors (Lipinski definition) is 5. The number of benzene rings is 3. The predicted octanol–water partition coefficient (Wildman–Crippen LogP) is 3.29. The molecule has 0 saturated heterocycles. The SMILES string of the molecule is Cc1cc(C(=O)N[C@@H](Cc2ccccc2)C(=O)C(N)=O)n(-c2cccc(COCc3ccccc3)c2)n1. The molecule has 0 unspecified atom stereocenters.